The SMILES string of the molecule is O=P(O)(c1c(F)c(F)c(F)c(F)c1F)c1c(F)c(F)c(F)c(F)c1F. The second-order valence-corrected chi connectivity index (χ2v) is 6.46. The first-order valence-electron chi connectivity index (χ1n) is 5.72. The molecule has 2 rings (SSSR count). The third-order valence-corrected chi connectivity index (χ3v) is 4.98. The van der Waals surface area contributed by atoms with Crippen molar-refractivity contribution < 1.29 is 53.4 Å². The molecule has 0 aliphatic carbocycles. The lowest BCUT2D eigenvalue weighted by molar-refractivity contribution is 0.378. The fraction of sp³-hybridized carbons (Fsp3) is 0. The monoisotopic (exact) mass is 398 g/mol. The Morgan fingerprint density at radius 1 is 0.440 bits per heavy atom. The van der Waals surface area contributed by atoms with Crippen molar-refractivity contribution in [1.29, 1.82) is 0 Å². The topological polar surface area (TPSA) is 37.3 Å². The first-order valence-corrected chi connectivity index (χ1v) is 7.38. The van der Waals surface area contributed by atoms with Gasteiger partial charge in [-0.25, -0.2) is 43.9 Å². The Morgan fingerprint density at radius 3 is 0.800 bits per heavy atom. The predicted molar refractivity (Wildman–Crippen MR) is 61.6 cm³/mol. The molecule has 0 saturated heterocycles. The smallest absolute Gasteiger partial charge is 0.270 e. The summed E-state index contributed by atoms with van der Waals surface area (Å²) in [6.45, 7) is 0. The molecule has 0 unspecified atom stereocenters. The van der Waals surface area contributed by atoms with Crippen LogP contribution in [0.2, 0.25) is 0 Å². The molecule has 0 fully saturated rings. The molecule has 0 aliphatic rings. The summed E-state index contributed by atoms with van der Waals surface area (Å²) in [5.74, 6) is -28.4. The Morgan fingerprint density at radius 2 is 0.600 bits per heavy atom. The lowest BCUT2D eigenvalue weighted by Crippen LogP contribution is -2.31. The molecule has 0 amide bonds. The van der Waals surface area contributed by atoms with E-state index in [0.717, 1.165) is 0 Å². The van der Waals surface area contributed by atoms with Gasteiger partial charge in [-0.1, -0.05) is 0 Å². The second-order valence-electron chi connectivity index (χ2n) is 4.41. The summed E-state index contributed by atoms with van der Waals surface area (Å²) >= 11 is 0. The second kappa shape index (κ2) is 6.03. The highest BCUT2D eigenvalue weighted by atomic mass is 31.2. The van der Waals surface area contributed by atoms with Crippen molar-refractivity contribution in [2.45, 2.75) is 0 Å². The lowest BCUT2D eigenvalue weighted by atomic mass is 10.3. The summed E-state index contributed by atoms with van der Waals surface area (Å²) < 4.78 is 144. The first kappa shape index (κ1) is 19.3. The number of hydrogen-bond acceptors (Lipinski definition) is 1. The van der Waals surface area contributed by atoms with E-state index in [1.807, 2.05) is 0 Å². The Hall–Kier alpha value is -2.07. The summed E-state index contributed by atoms with van der Waals surface area (Å²) in [6.07, 6.45) is 0. The van der Waals surface area contributed by atoms with Gasteiger partial charge in [0.25, 0.3) is 7.37 Å². The van der Waals surface area contributed by atoms with Crippen molar-refractivity contribution in [1.82, 2.24) is 0 Å². The Balaban J connectivity index is 2.99. The van der Waals surface area contributed by atoms with Crippen LogP contribution in [0.3, 0.4) is 0 Å². The molecule has 0 bridgehead atoms. The van der Waals surface area contributed by atoms with Gasteiger partial charge < -0.3 is 4.89 Å². The molecule has 2 nitrogen and oxygen atoms in total. The van der Waals surface area contributed by atoms with Crippen LogP contribution in [0.4, 0.5) is 43.9 Å². The van der Waals surface area contributed by atoms with E-state index >= 15 is 0 Å². The maximum Gasteiger partial charge on any atom is 0.270 e. The molecule has 2 aromatic carbocycles. The van der Waals surface area contributed by atoms with Crippen molar-refractivity contribution >= 4 is 18.0 Å². The van der Waals surface area contributed by atoms with E-state index in [0.29, 0.717) is 0 Å². The van der Waals surface area contributed by atoms with Crippen molar-refractivity contribution in [3.05, 3.63) is 58.2 Å². The molecule has 2 aromatic rings. The molecule has 0 atom stereocenters. The van der Waals surface area contributed by atoms with Crippen LogP contribution in [0.15, 0.2) is 0 Å². The Kier molecular flexibility index (Phi) is 4.64. The molecule has 0 spiro atoms. The van der Waals surface area contributed by atoms with Crippen molar-refractivity contribution in [3.63, 3.8) is 0 Å². The van der Waals surface area contributed by atoms with Gasteiger partial charge in [-0.3, -0.25) is 4.57 Å². The van der Waals surface area contributed by atoms with E-state index in [1.165, 1.54) is 0 Å². The van der Waals surface area contributed by atoms with Crippen LogP contribution in [0.1, 0.15) is 0 Å². The number of halogens is 10. The molecule has 0 aliphatic heterocycles. The first-order chi connectivity index (χ1) is 11.4. The number of hydrogen-bond donors (Lipinski definition) is 1. The molecule has 25 heavy (non-hydrogen) atoms. The minimum Gasteiger partial charge on any atom is -0.338 e. The molecular weight excluding hydrogens is 397 g/mol. The van der Waals surface area contributed by atoms with Crippen LogP contribution in [0.5, 0.6) is 0 Å². The lowest BCUT2D eigenvalue weighted by Gasteiger charge is -2.17. The zero-order valence-electron chi connectivity index (χ0n) is 11.1. The van der Waals surface area contributed by atoms with Gasteiger partial charge in [0.05, 0.1) is 0 Å². The van der Waals surface area contributed by atoms with Gasteiger partial charge in [0, 0.05) is 0 Å². The predicted octanol–water partition coefficient (Wildman–Crippen LogP) is 3.30. The zero-order chi connectivity index (χ0) is 19.4. The summed E-state index contributed by atoms with van der Waals surface area (Å²) in [5, 5.41) is -5.26. The standard InChI is InChI=1S/C12HF10O2P/c13-1-3(15)7(19)11(8(20)4(1)16)25(23,24)12-9(21)5(17)2(14)6(18)10(12)22/h(H,23,24). The maximum atomic E-state index is 13.6. The van der Waals surface area contributed by atoms with Gasteiger partial charge in [-0.2, -0.15) is 0 Å². The van der Waals surface area contributed by atoms with Crippen molar-refractivity contribution in [2.75, 3.05) is 0 Å². The molecule has 0 aromatic heterocycles. The maximum absolute atomic E-state index is 13.6. The largest absolute Gasteiger partial charge is 0.338 e. The highest BCUT2D eigenvalue weighted by Crippen LogP contribution is 2.44. The quantitative estimate of drug-likeness (QED) is 0.365. The third-order valence-electron chi connectivity index (χ3n) is 2.98. The van der Waals surface area contributed by atoms with Crippen LogP contribution >= 0.6 is 7.37 Å². The molecule has 0 radical (unpaired) electrons. The molecule has 136 valence electrons. The van der Waals surface area contributed by atoms with Crippen LogP contribution in [-0.2, 0) is 4.57 Å². The van der Waals surface area contributed by atoms with Crippen LogP contribution < -0.4 is 10.6 Å². The molecule has 1 N–H and O–H groups in total. The van der Waals surface area contributed by atoms with E-state index < -0.39 is 76.2 Å². The van der Waals surface area contributed by atoms with Crippen molar-refractivity contribution in [3.8, 4) is 0 Å². The van der Waals surface area contributed by atoms with Gasteiger partial charge in [0.2, 0.25) is 11.6 Å². The average molecular weight is 398 g/mol. The minimum atomic E-state index is -6.49. The molecule has 13 heteroatoms. The highest BCUT2D eigenvalue weighted by Gasteiger charge is 2.44. The van der Waals surface area contributed by atoms with E-state index in [2.05, 4.69) is 0 Å². The summed E-state index contributed by atoms with van der Waals surface area (Å²) in [5.41, 5.74) is 0. The zero-order valence-corrected chi connectivity index (χ0v) is 12.0. The average Bonchev–Trinajstić information content (AvgIpc) is 2.54. The Bertz CT molecular complexity index is 826. The van der Waals surface area contributed by atoms with E-state index in [-0.39, 0.29) is 0 Å². The van der Waals surface area contributed by atoms with Gasteiger partial charge in [-0.15, -0.1) is 0 Å². The normalized spacial score (nSPS) is 12.0. The summed E-state index contributed by atoms with van der Waals surface area (Å²) in [4.78, 5) is 9.54. The fourth-order valence-corrected chi connectivity index (χ4v) is 3.51. The van der Waals surface area contributed by atoms with E-state index in [9.17, 15) is 53.4 Å². The van der Waals surface area contributed by atoms with Gasteiger partial charge in [0.15, 0.2) is 46.5 Å². The number of benzene rings is 2. The third kappa shape index (κ3) is 2.60. The molecule has 0 saturated carbocycles. The Labute approximate surface area is 130 Å². The van der Waals surface area contributed by atoms with Gasteiger partial charge in [0.1, 0.15) is 10.6 Å². The van der Waals surface area contributed by atoms with Gasteiger partial charge >= 0.3 is 0 Å². The van der Waals surface area contributed by atoms with E-state index in [1.54, 1.807) is 0 Å². The minimum absolute atomic E-state index is 2.63. The van der Waals surface area contributed by atoms with Crippen LogP contribution in [-0.4, -0.2) is 4.89 Å². The van der Waals surface area contributed by atoms with Crippen LogP contribution in [0.25, 0.3) is 0 Å². The highest BCUT2D eigenvalue weighted by molar-refractivity contribution is 7.73. The van der Waals surface area contributed by atoms with Crippen molar-refractivity contribution in [2.24, 2.45) is 0 Å². The van der Waals surface area contributed by atoms with Gasteiger partial charge in [-0.05, 0) is 0 Å². The van der Waals surface area contributed by atoms with Crippen LogP contribution in [0, 0.1) is 58.2 Å². The summed E-state index contributed by atoms with van der Waals surface area (Å²) in [6, 6.07) is 0. The fourth-order valence-electron chi connectivity index (χ4n) is 1.83. The summed E-state index contributed by atoms with van der Waals surface area (Å²) in [7, 11) is -6.49. The van der Waals surface area contributed by atoms with E-state index in [4.69, 9.17) is 0 Å². The molecular formula is C12HF10O2P. The molecule has 0 heterocycles. The number of rotatable bonds is 2.